The third-order valence-electron chi connectivity index (χ3n) is 0.489. The molecule has 0 aromatic heterocycles. The average Bonchev–Trinajstić information content (AvgIpc) is 1.61. The van der Waals surface area contributed by atoms with Crippen molar-refractivity contribution in [3.8, 4) is 0 Å². The molecule has 0 saturated heterocycles. The Kier molecular flexibility index (Phi) is 3.90. The lowest BCUT2D eigenvalue weighted by atomic mass is 10.4. The fourth-order valence-electron chi connectivity index (χ4n) is 0.184. The molecule has 0 nitrogen and oxygen atoms in total. The first-order valence-electron chi connectivity index (χ1n) is 2.12. The molecule has 0 unspecified atom stereocenters. The summed E-state index contributed by atoms with van der Waals surface area (Å²) in [6.45, 7) is 5.67. The first-order chi connectivity index (χ1) is 3.27. The van der Waals surface area contributed by atoms with E-state index in [0.717, 1.165) is 5.57 Å². The van der Waals surface area contributed by atoms with E-state index < -0.39 is 0 Å². The first kappa shape index (κ1) is 6.83. The third kappa shape index (κ3) is 5.83. The second kappa shape index (κ2) is 4.00. The lowest BCUT2D eigenvalue weighted by Crippen LogP contribution is -1.55. The summed E-state index contributed by atoms with van der Waals surface area (Å²) in [7, 11) is 0. The van der Waals surface area contributed by atoms with E-state index in [1.54, 1.807) is 11.8 Å². The Bertz CT molecular complexity index is 82.2. The van der Waals surface area contributed by atoms with Gasteiger partial charge in [-0.2, -0.15) is 0 Å². The topological polar surface area (TPSA) is 0 Å². The van der Waals surface area contributed by atoms with E-state index in [2.05, 4.69) is 6.58 Å². The Morgan fingerprint density at radius 3 is 2.43 bits per heavy atom. The van der Waals surface area contributed by atoms with E-state index in [1.807, 2.05) is 24.7 Å². The molecule has 0 aliphatic carbocycles. The summed E-state index contributed by atoms with van der Waals surface area (Å²) in [4.78, 5) is 0. The van der Waals surface area contributed by atoms with Crippen LogP contribution < -0.4 is 0 Å². The molecule has 0 aromatic carbocycles. The van der Waals surface area contributed by atoms with Crippen molar-refractivity contribution < 1.29 is 0 Å². The van der Waals surface area contributed by atoms with Gasteiger partial charge in [0.15, 0.2) is 0 Å². The van der Waals surface area contributed by atoms with Gasteiger partial charge in [-0.1, -0.05) is 18.2 Å². The van der Waals surface area contributed by atoms with Crippen molar-refractivity contribution in [2.45, 2.75) is 6.92 Å². The van der Waals surface area contributed by atoms with Crippen LogP contribution in [-0.4, -0.2) is 6.26 Å². The average molecular weight is 114 g/mol. The molecule has 0 N–H and O–H groups in total. The molecule has 0 heterocycles. The lowest BCUT2D eigenvalue weighted by Gasteiger charge is -1.79. The standard InChI is InChI=1S/C6H10S/c1-6(2)4-5-7-3/h4-5H,1H2,2-3H3/b5-4+. The summed E-state index contributed by atoms with van der Waals surface area (Å²) < 4.78 is 0. The minimum atomic E-state index is 1.11. The molecule has 0 amide bonds. The number of hydrogen-bond acceptors (Lipinski definition) is 1. The first-order valence-corrected chi connectivity index (χ1v) is 3.41. The highest BCUT2D eigenvalue weighted by atomic mass is 32.2. The van der Waals surface area contributed by atoms with Crippen LogP contribution in [0.3, 0.4) is 0 Å². The molecule has 0 saturated carbocycles. The van der Waals surface area contributed by atoms with Crippen molar-refractivity contribution in [1.82, 2.24) is 0 Å². The molecule has 7 heavy (non-hydrogen) atoms. The number of thioether (sulfide) groups is 1. The highest BCUT2D eigenvalue weighted by Gasteiger charge is 1.68. The zero-order valence-electron chi connectivity index (χ0n) is 4.77. The minimum Gasteiger partial charge on any atom is -0.138 e. The summed E-state index contributed by atoms with van der Waals surface area (Å²) in [6.07, 6.45) is 4.02. The van der Waals surface area contributed by atoms with Crippen LogP contribution in [0.1, 0.15) is 6.92 Å². The van der Waals surface area contributed by atoms with Gasteiger partial charge in [0.2, 0.25) is 0 Å². The summed E-state index contributed by atoms with van der Waals surface area (Å²) in [5, 5.41) is 2.02. The van der Waals surface area contributed by atoms with Gasteiger partial charge < -0.3 is 0 Å². The lowest BCUT2D eigenvalue weighted by molar-refractivity contribution is 1.57. The highest BCUT2D eigenvalue weighted by Crippen LogP contribution is 1.97. The van der Waals surface area contributed by atoms with E-state index in [9.17, 15) is 0 Å². The van der Waals surface area contributed by atoms with Gasteiger partial charge in [0, 0.05) is 0 Å². The van der Waals surface area contributed by atoms with Gasteiger partial charge in [0.1, 0.15) is 0 Å². The summed E-state index contributed by atoms with van der Waals surface area (Å²) in [5.41, 5.74) is 1.11. The molecular formula is C6H10S. The number of rotatable bonds is 2. The van der Waals surface area contributed by atoms with Gasteiger partial charge in [-0.05, 0) is 18.6 Å². The van der Waals surface area contributed by atoms with Crippen molar-refractivity contribution in [3.05, 3.63) is 23.6 Å². The Labute approximate surface area is 49.3 Å². The molecule has 0 aromatic rings. The fraction of sp³-hybridized carbons (Fsp3) is 0.333. The zero-order valence-corrected chi connectivity index (χ0v) is 5.59. The molecule has 0 bridgehead atoms. The van der Waals surface area contributed by atoms with Gasteiger partial charge in [0.05, 0.1) is 0 Å². The molecule has 0 spiro atoms. The third-order valence-corrected chi connectivity index (χ3v) is 0.897. The maximum absolute atomic E-state index is 3.69. The van der Waals surface area contributed by atoms with Crippen molar-refractivity contribution in [2.24, 2.45) is 0 Å². The normalized spacial score (nSPS) is 10.0. The summed E-state index contributed by atoms with van der Waals surface area (Å²) >= 11 is 1.69. The van der Waals surface area contributed by atoms with Crippen molar-refractivity contribution in [3.63, 3.8) is 0 Å². The van der Waals surface area contributed by atoms with E-state index in [-0.39, 0.29) is 0 Å². The molecule has 0 radical (unpaired) electrons. The Hall–Kier alpha value is -0.170. The second-order valence-electron chi connectivity index (χ2n) is 1.38. The van der Waals surface area contributed by atoms with Crippen LogP contribution >= 0.6 is 11.8 Å². The molecule has 0 fully saturated rings. The van der Waals surface area contributed by atoms with E-state index in [4.69, 9.17) is 0 Å². The predicted octanol–water partition coefficient (Wildman–Crippen LogP) is 2.44. The highest BCUT2D eigenvalue weighted by molar-refractivity contribution is 8.01. The largest absolute Gasteiger partial charge is 0.138 e. The SMILES string of the molecule is C=C(C)/C=C/SC. The van der Waals surface area contributed by atoms with E-state index in [1.165, 1.54) is 0 Å². The van der Waals surface area contributed by atoms with Gasteiger partial charge in [-0.25, -0.2) is 0 Å². The number of allylic oxidation sites excluding steroid dienone is 2. The van der Waals surface area contributed by atoms with Crippen molar-refractivity contribution >= 4 is 11.8 Å². The van der Waals surface area contributed by atoms with Gasteiger partial charge in [-0.15, -0.1) is 11.8 Å². The molecular weight excluding hydrogens is 104 g/mol. The molecule has 0 aliphatic rings. The van der Waals surface area contributed by atoms with Gasteiger partial charge in [0.25, 0.3) is 0 Å². The van der Waals surface area contributed by atoms with Crippen LogP contribution in [0.4, 0.5) is 0 Å². The van der Waals surface area contributed by atoms with Gasteiger partial charge >= 0.3 is 0 Å². The monoisotopic (exact) mass is 114 g/mol. The molecule has 0 atom stereocenters. The van der Waals surface area contributed by atoms with Crippen LogP contribution in [0.2, 0.25) is 0 Å². The van der Waals surface area contributed by atoms with E-state index >= 15 is 0 Å². The van der Waals surface area contributed by atoms with E-state index in [0.29, 0.717) is 0 Å². The van der Waals surface area contributed by atoms with Crippen molar-refractivity contribution in [1.29, 1.82) is 0 Å². The molecule has 0 aliphatic heterocycles. The summed E-state index contributed by atoms with van der Waals surface area (Å²) in [6, 6.07) is 0. The maximum Gasteiger partial charge on any atom is -0.0142 e. The zero-order chi connectivity index (χ0) is 5.70. The Balaban J connectivity index is 3.26. The van der Waals surface area contributed by atoms with Crippen LogP contribution in [0.25, 0.3) is 0 Å². The summed E-state index contributed by atoms with van der Waals surface area (Å²) in [5.74, 6) is 0. The molecule has 0 rings (SSSR count). The molecule has 1 heteroatoms. The smallest absolute Gasteiger partial charge is 0.0142 e. The second-order valence-corrected chi connectivity index (χ2v) is 2.13. The fourth-order valence-corrected chi connectivity index (χ4v) is 0.553. The Morgan fingerprint density at radius 2 is 2.29 bits per heavy atom. The molecule has 40 valence electrons. The van der Waals surface area contributed by atoms with Crippen LogP contribution in [0.15, 0.2) is 23.6 Å². The van der Waals surface area contributed by atoms with Gasteiger partial charge in [-0.3, -0.25) is 0 Å². The predicted molar refractivity (Wildman–Crippen MR) is 37.5 cm³/mol. The van der Waals surface area contributed by atoms with Crippen LogP contribution in [0, 0.1) is 0 Å². The maximum atomic E-state index is 3.69. The van der Waals surface area contributed by atoms with Crippen molar-refractivity contribution in [2.75, 3.05) is 6.26 Å². The minimum absolute atomic E-state index is 1.11. The Morgan fingerprint density at radius 1 is 1.71 bits per heavy atom. The quantitative estimate of drug-likeness (QED) is 0.497. The van der Waals surface area contributed by atoms with Crippen LogP contribution in [0.5, 0.6) is 0 Å². The van der Waals surface area contributed by atoms with Crippen LogP contribution in [-0.2, 0) is 0 Å². The number of hydrogen-bond donors (Lipinski definition) is 0.